The van der Waals surface area contributed by atoms with E-state index >= 15 is 0 Å². The summed E-state index contributed by atoms with van der Waals surface area (Å²) < 4.78 is 5.60. The van der Waals surface area contributed by atoms with Crippen LogP contribution in [0, 0.1) is 10.1 Å². The van der Waals surface area contributed by atoms with E-state index in [2.05, 4.69) is 0 Å². The highest BCUT2D eigenvalue weighted by Gasteiger charge is 2.09. The first kappa shape index (κ1) is 13.6. The van der Waals surface area contributed by atoms with E-state index in [9.17, 15) is 10.1 Å². The number of benzene rings is 2. The standard InChI is InChI=1S/C13H9Cl2NO3/c14-8-9-6-10(15)4-5-13(9)19-12-3-1-2-11(7-12)16(17)18/h1-7H,8H2. The zero-order valence-electron chi connectivity index (χ0n) is 9.68. The van der Waals surface area contributed by atoms with Crippen LogP contribution in [0.4, 0.5) is 5.69 Å². The van der Waals surface area contributed by atoms with E-state index in [0.717, 1.165) is 5.56 Å². The van der Waals surface area contributed by atoms with Crippen LogP contribution in [-0.2, 0) is 5.88 Å². The first-order valence-electron chi connectivity index (χ1n) is 5.37. The van der Waals surface area contributed by atoms with Crippen LogP contribution in [0.25, 0.3) is 0 Å². The molecule has 0 saturated carbocycles. The summed E-state index contributed by atoms with van der Waals surface area (Å²) in [5.74, 6) is 1.15. The zero-order chi connectivity index (χ0) is 13.8. The van der Waals surface area contributed by atoms with Crippen molar-refractivity contribution < 1.29 is 9.66 Å². The molecule has 0 radical (unpaired) electrons. The molecule has 98 valence electrons. The molecule has 0 spiro atoms. The lowest BCUT2D eigenvalue weighted by Gasteiger charge is -2.09. The molecule has 19 heavy (non-hydrogen) atoms. The van der Waals surface area contributed by atoms with E-state index in [1.807, 2.05) is 0 Å². The number of ether oxygens (including phenoxy) is 1. The highest BCUT2D eigenvalue weighted by molar-refractivity contribution is 6.30. The number of nitro groups is 1. The summed E-state index contributed by atoms with van der Waals surface area (Å²) in [5.41, 5.74) is 0.694. The molecule has 4 nitrogen and oxygen atoms in total. The quantitative estimate of drug-likeness (QED) is 0.463. The molecule has 0 aromatic heterocycles. The Morgan fingerprint density at radius 1 is 1.21 bits per heavy atom. The summed E-state index contributed by atoms with van der Waals surface area (Å²) >= 11 is 11.7. The molecule has 2 aromatic rings. The van der Waals surface area contributed by atoms with Crippen molar-refractivity contribution >= 4 is 28.9 Å². The van der Waals surface area contributed by atoms with Crippen LogP contribution in [-0.4, -0.2) is 4.92 Å². The van der Waals surface area contributed by atoms with Crippen molar-refractivity contribution in [3.05, 3.63) is 63.2 Å². The minimum Gasteiger partial charge on any atom is -0.457 e. The predicted octanol–water partition coefficient (Wildman–Crippen LogP) is 4.78. The van der Waals surface area contributed by atoms with Crippen LogP contribution >= 0.6 is 23.2 Å². The van der Waals surface area contributed by atoms with Gasteiger partial charge in [0.1, 0.15) is 11.5 Å². The number of alkyl halides is 1. The van der Waals surface area contributed by atoms with E-state index in [4.69, 9.17) is 27.9 Å². The molecule has 6 heteroatoms. The maximum Gasteiger partial charge on any atom is 0.273 e. The maximum absolute atomic E-state index is 10.7. The highest BCUT2D eigenvalue weighted by atomic mass is 35.5. The maximum atomic E-state index is 10.7. The van der Waals surface area contributed by atoms with Gasteiger partial charge in [0.15, 0.2) is 0 Å². The monoisotopic (exact) mass is 297 g/mol. The topological polar surface area (TPSA) is 52.4 Å². The molecule has 0 aliphatic heterocycles. The van der Waals surface area contributed by atoms with Crippen molar-refractivity contribution in [2.75, 3.05) is 0 Å². The van der Waals surface area contributed by atoms with E-state index < -0.39 is 4.92 Å². The smallest absolute Gasteiger partial charge is 0.273 e. The van der Waals surface area contributed by atoms with Crippen LogP contribution in [0.1, 0.15) is 5.56 Å². The van der Waals surface area contributed by atoms with Crippen LogP contribution in [0.5, 0.6) is 11.5 Å². The van der Waals surface area contributed by atoms with Gasteiger partial charge in [0, 0.05) is 16.7 Å². The van der Waals surface area contributed by atoms with Gasteiger partial charge in [-0.05, 0) is 24.3 Å². The first-order valence-corrected chi connectivity index (χ1v) is 6.28. The van der Waals surface area contributed by atoms with Gasteiger partial charge in [-0.1, -0.05) is 17.7 Å². The third kappa shape index (κ3) is 3.36. The van der Waals surface area contributed by atoms with E-state index in [1.165, 1.54) is 12.1 Å². The van der Waals surface area contributed by atoms with Gasteiger partial charge in [0.2, 0.25) is 0 Å². The fraction of sp³-hybridized carbons (Fsp3) is 0.0769. The molecule has 0 bridgehead atoms. The van der Waals surface area contributed by atoms with Crippen molar-refractivity contribution in [1.29, 1.82) is 0 Å². The predicted molar refractivity (Wildman–Crippen MR) is 74.2 cm³/mol. The lowest BCUT2D eigenvalue weighted by Crippen LogP contribution is -1.92. The number of nitro benzene ring substituents is 1. The van der Waals surface area contributed by atoms with Crippen molar-refractivity contribution in [1.82, 2.24) is 0 Å². The lowest BCUT2D eigenvalue weighted by molar-refractivity contribution is -0.384. The Balaban J connectivity index is 2.30. The molecule has 0 N–H and O–H groups in total. The van der Waals surface area contributed by atoms with Gasteiger partial charge in [0.05, 0.1) is 16.9 Å². The van der Waals surface area contributed by atoms with Crippen molar-refractivity contribution in [3.8, 4) is 11.5 Å². The Bertz CT molecular complexity index is 617. The van der Waals surface area contributed by atoms with Gasteiger partial charge in [-0.2, -0.15) is 0 Å². The van der Waals surface area contributed by atoms with E-state index in [1.54, 1.807) is 30.3 Å². The number of hydrogen-bond acceptors (Lipinski definition) is 3. The van der Waals surface area contributed by atoms with Gasteiger partial charge >= 0.3 is 0 Å². The fourth-order valence-electron chi connectivity index (χ4n) is 1.54. The SMILES string of the molecule is O=[N+]([O-])c1cccc(Oc2ccc(Cl)cc2CCl)c1. The van der Waals surface area contributed by atoms with Crippen LogP contribution in [0.2, 0.25) is 5.02 Å². The largest absolute Gasteiger partial charge is 0.457 e. The molecule has 0 atom stereocenters. The normalized spacial score (nSPS) is 10.2. The molecule has 0 amide bonds. The molecule has 0 fully saturated rings. The summed E-state index contributed by atoms with van der Waals surface area (Å²) in [4.78, 5) is 10.2. The van der Waals surface area contributed by atoms with Gasteiger partial charge < -0.3 is 4.74 Å². The van der Waals surface area contributed by atoms with E-state index in [0.29, 0.717) is 16.5 Å². The first-order chi connectivity index (χ1) is 9.10. The summed E-state index contributed by atoms with van der Waals surface area (Å²) in [6.07, 6.45) is 0. The van der Waals surface area contributed by atoms with Crippen molar-refractivity contribution in [2.24, 2.45) is 0 Å². The van der Waals surface area contributed by atoms with Gasteiger partial charge in [-0.15, -0.1) is 11.6 Å². The number of hydrogen-bond donors (Lipinski definition) is 0. The Kier molecular flexibility index (Phi) is 4.24. The molecule has 0 unspecified atom stereocenters. The summed E-state index contributed by atoms with van der Waals surface area (Å²) in [6, 6.07) is 11.0. The molecule has 2 aromatic carbocycles. The van der Waals surface area contributed by atoms with Gasteiger partial charge in [-0.3, -0.25) is 10.1 Å². The van der Waals surface area contributed by atoms with Gasteiger partial charge in [0.25, 0.3) is 5.69 Å². The molecular formula is C13H9Cl2NO3. The number of halogens is 2. The Hall–Kier alpha value is -1.78. The number of non-ortho nitro benzene ring substituents is 1. The Labute approximate surface area is 119 Å². The zero-order valence-corrected chi connectivity index (χ0v) is 11.2. The second-order valence-corrected chi connectivity index (χ2v) is 4.45. The molecule has 2 rings (SSSR count). The third-order valence-corrected chi connectivity index (χ3v) is 2.95. The fourth-order valence-corrected chi connectivity index (χ4v) is 1.94. The highest BCUT2D eigenvalue weighted by Crippen LogP contribution is 2.30. The summed E-state index contributed by atoms with van der Waals surface area (Å²) in [6.45, 7) is 0. The van der Waals surface area contributed by atoms with Crippen LogP contribution < -0.4 is 4.74 Å². The Morgan fingerprint density at radius 3 is 2.68 bits per heavy atom. The lowest BCUT2D eigenvalue weighted by atomic mass is 10.2. The third-order valence-electron chi connectivity index (χ3n) is 2.42. The minimum atomic E-state index is -0.475. The van der Waals surface area contributed by atoms with Gasteiger partial charge in [-0.25, -0.2) is 0 Å². The minimum absolute atomic E-state index is 0.0288. The van der Waals surface area contributed by atoms with Crippen LogP contribution in [0.15, 0.2) is 42.5 Å². The molecule has 0 aliphatic rings. The number of nitrogens with zero attached hydrogens (tertiary/aromatic N) is 1. The molecular weight excluding hydrogens is 289 g/mol. The summed E-state index contributed by atoms with van der Waals surface area (Å²) in [5, 5.41) is 11.2. The van der Waals surface area contributed by atoms with E-state index in [-0.39, 0.29) is 11.6 Å². The second-order valence-electron chi connectivity index (χ2n) is 3.74. The molecule has 0 saturated heterocycles. The van der Waals surface area contributed by atoms with Crippen LogP contribution in [0.3, 0.4) is 0 Å². The summed E-state index contributed by atoms with van der Waals surface area (Å²) in [7, 11) is 0. The molecule has 0 aliphatic carbocycles. The molecule has 0 heterocycles. The van der Waals surface area contributed by atoms with Crippen molar-refractivity contribution in [2.45, 2.75) is 5.88 Å². The average molecular weight is 298 g/mol. The second kappa shape index (κ2) is 5.91. The average Bonchev–Trinajstić information content (AvgIpc) is 2.41. The Morgan fingerprint density at radius 2 is 2.00 bits per heavy atom. The van der Waals surface area contributed by atoms with Crippen molar-refractivity contribution in [3.63, 3.8) is 0 Å². The number of rotatable bonds is 4.